The van der Waals surface area contributed by atoms with Gasteiger partial charge in [-0.2, -0.15) is 0 Å². The highest BCUT2D eigenvalue weighted by Crippen LogP contribution is 2.20. The highest BCUT2D eigenvalue weighted by Gasteiger charge is 2.14. The number of carbonyl (C=O) groups is 2. The van der Waals surface area contributed by atoms with E-state index in [4.69, 9.17) is 0 Å². The molecule has 0 unspecified atom stereocenters. The van der Waals surface area contributed by atoms with E-state index in [0.717, 1.165) is 37.6 Å². The van der Waals surface area contributed by atoms with Crippen LogP contribution in [0.2, 0.25) is 0 Å². The molecule has 1 N–H and O–H groups in total. The van der Waals surface area contributed by atoms with E-state index in [1.807, 2.05) is 42.5 Å². The lowest BCUT2D eigenvalue weighted by Gasteiger charge is -2.34. The number of benzene rings is 2. The Kier molecular flexibility index (Phi) is 7.25. The molecule has 1 fully saturated rings. The molecular formula is C23H30N4O2. The maximum atomic E-state index is 12.3. The number of rotatable bonds is 7. The van der Waals surface area contributed by atoms with Crippen LogP contribution in [0.4, 0.5) is 17.1 Å². The predicted molar refractivity (Wildman–Crippen MR) is 118 cm³/mol. The molecule has 29 heavy (non-hydrogen) atoms. The van der Waals surface area contributed by atoms with Crippen LogP contribution in [-0.4, -0.2) is 57.0 Å². The molecule has 3 rings (SSSR count). The zero-order valence-corrected chi connectivity index (χ0v) is 17.3. The van der Waals surface area contributed by atoms with Crippen LogP contribution < -0.4 is 15.1 Å². The van der Waals surface area contributed by atoms with Crippen LogP contribution in [0.1, 0.15) is 19.3 Å². The molecule has 0 radical (unpaired) electrons. The number of amides is 2. The van der Waals surface area contributed by atoms with Crippen molar-refractivity contribution in [2.45, 2.75) is 19.3 Å². The topological polar surface area (TPSA) is 55.9 Å². The zero-order chi connectivity index (χ0) is 20.6. The lowest BCUT2D eigenvalue weighted by molar-refractivity contribution is -0.118. The van der Waals surface area contributed by atoms with Gasteiger partial charge >= 0.3 is 0 Å². The van der Waals surface area contributed by atoms with Gasteiger partial charge in [-0.05, 0) is 49.9 Å². The van der Waals surface area contributed by atoms with Crippen molar-refractivity contribution in [2.24, 2.45) is 0 Å². The molecule has 0 aliphatic carbocycles. The molecule has 0 spiro atoms. The highest BCUT2D eigenvalue weighted by atomic mass is 16.2. The molecule has 6 nitrogen and oxygen atoms in total. The van der Waals surface area contributed by atoms with Crippen LogP contribution in [0.25, 0.3) is 0 Å². The van der Waals surface area contributed by atoms with E-state index >= 15 is 0 Å². The highest BCUT2D eigenvalue weighted by molar-refractivity contribution is 5.94. The number of nitrogens with one attached hydrogen (secondary N) is 1. The standard InChI is InChI=1S/C23H30N4O2/c1-25-15-17-27(18-16-25)21-13-11-19(12-14-21)24-22(28)9-6-10-23(29)26(2)20-7-4-3-5-8-20/h3-5,7-8,11-14H,6,9-10,15-18H2,1-2H3,(H,24,28). The number of para-hydroxylation sites is 1. The number of likely N-dealkylation sites (N-methyl/N-ethyl adjacent to an activating group) is 1. The Morgan fingerprint density at radius 2 is 1.59 bits per heavy atom. The summed E-state index contributed by atoms with van der Waals surface area (Å²) in [5.41, 5.74) is 2.84. The van der Waals surface area contributed by atoms with E-state index in [1.165, 1.54) is 5.69 Å². The SMILES string of the molecule is CN1CCN(c2ccc(NC(=O)CCCC(=O)N(C)c3ccccc3)cc2)CC1. The summed E-state index contributed by atoms with van der Waals surface area (Å²) < 4.78 is 0. The maximum Gasteiger partial charge on any atom is 0.226 e. The van der Waals surface area contributed by atoms with Crippen LogP contribution in [0, 0.1) is 0 Å². The molecule has 0 saturated carbocycles. The van der Waals surface area contributed by atoms with Gasteiger partial charge in [0.1, 0.15) is 0 Å². The molecule has 0 aromatic heterocycles. The van der Waals surface area contributed by atoms with Crippen molar-refractivity contribution in [3.05, 3.63) is 54.6 Å². The first-order chi connectivity index (χ1) is 14.0. The van der Waals surface area contributed by atoms with Gasteiger partial charge in [0.2, 0.25) is 11.8 Å². The average molecular weight is 395 g/mol. The molecule has 0 atom stereocenters. The summed E-state index contributed by atoms with van der Waals surface area (Å²) >= 11 is 0. The third kappa shape index (κ3) is 6.06. The summed E-state index contributed by atoms with van der Waals surface area (Å²) in [7, 11) is 3.91. The summed E-state index contributed by atoms with van der Waals surface area (Å²) in [5.74, 6) is -0.0481. The molecule has 2 amide bonds. The Bertz CT molecular complexity index is 799. The monoisotopic (exact) mass is 394 g/mol. The minimum absolute atomic E-state index is 0.0144. The van der Waals surface area contributed by atoms with Gasteiger partial charge in [-0.3, -0.25) is 9.59 Å². The van der Waals surface area contributed by atoms with Crippen LogP contribution in [0.3, 0.4) is 0 Å². The van der Waals surface area contributed by atoms with Gasteiger partial charge in [-0.1, -0.05) is 18.2 Å². The summed E-state index contributed by atoms with van der Waals surface area (Å²) in [6, 6.07) is 17.5. The molecule has 2 aromatic rings. The number of carbonyl (C=O) groups excluding carboxylic acids is 2. The number of nitrogens with zero attached hydrogens (tertiary/aromatic N) is 3. The number of piperazine rings is 1. The third-order valence-corrected chi connectivity index (χ3v) is 5.33. The zero-order valence-electron chi connectivity index (χ0n) is 17.3. The van der Waals surface area contributed by atoms with Crippen molar-refractivity contribution in [1.82, 2.24) is 4.90 Å². The van der Waals surface area contributed by atoms with Gasteiger partial charge in [0, 0.05) is 63.1 Å². The minimum atomic E-state index is -0.0625. The Labute approximate surface area is 173 Å². The van der Waals surface area contributed by atoms with E-state index in [2.05, 4.69) is 34.3 Å². The Morgan fingerprint density at radius 1 is 0.931 bits per heavy atom. The molecule has 1 aliphatic heterocycles. The first-order valence-corrected chi connectivity index (χ1v) is 10.2. The van der Waals surface area contributed by atoms with E-state index < -0.39 is 0 Å². The van der Waals surface area contributed by atoms with E-state index in [1.54, 1.807) is 11.9 Å². The summed E-state index contributed by atoms with van der Waals surface area (Å²) in [6.45, 7) is 4.18. The van der Waals surface area contributed by atoms with Crippen LogP contribution in [0.15, 0.2) is 54.6 Å². The number of hydrogen-bond acceptors (Lipinski definition) is 4. The maximum absolute atomic E-state index is 12.3. The lowest BCUT2D eigenvalue weighted by atomic mass is 10.2. The lowest BCUT2D eigenvalue weighted by Crippen LogP contribution is -2.44. The molecule has 1 heterocycles. The Hall–Kier alpha value is -2.86. The van der Waals surface area contributed by atoms with Crippen molar-refractivity contribution in [2.75, 3.05) is 55.4 Å². The second kappa shape index (κ2) is 10.1. The largest absolute Gasteiger partial charge is 0.369 e. The quantitative estimate of drug-likeness (QED) is 0.784. The third-order valence-electron chi connectivity index (χ3n) is 5.33. The fraction of sp³-hybridized carbons (Fsp3) is 0.391. The van der Waals surface area contributed by atoms with Gasteiger partial charge in [0.05, 0.1) is 0 Å². The van der Waals surface area contributed by atoms with Gasteiger partial charge in [-0.25, -0.2) is 0 Å². The molecule has 154 valence electrons. The summed E-state index contributed by atoms with van der Waals surface area (Å²) in [4.78, 5) is 30.8. The van der Waals surface area contributed by atoms with Gasteiger partial charge in [0.25, 0.3) is 0 Å². The second-order valence-corrected chi connectivity index (χ2v) is 7.53. The van der Waals surface area contributed by atoms with Crippen molar-refractivity contribution >= 4 is 28.9 Å². The number of anilines is 3. The normalized spacial score (nSPS) is 14.5. The van der Waals surface area contributed by atoms with E-state index in [0.29, 0.717) is 19.3 Å². The Morgan fingerprint density at radius 3 is 2.24 bits per heavy atom. The van der Waals surface area contributed by atoms with Crippen LogP contribution >= 0.6 is 0 Å². The first kappa shape index (κ1) is 20.9. The summed E-state index contributed by atoms with van der Waals surface area (Å²) in [5, 5.41) is 2.92. The van der Waals surface area contributed by atoms with Crippen LogP contribution in [-0.2, 0) is 9.59 Å². The molecule has 6 heteroatoms. The van der Waals surface area contributed by atoms with Crippen molar-refractivity contribution in [3.8, 4) is 0 Å². The average Bonchev–Trinajstić information content (AvgIpc) is 2.75. The van der Waals surface area contributed by atoms with Gasteiger partial charge in [-0.15, -0.1) is 0 Å². The fourth-order valence-electron chi connectivity index (χ4n) is 3.41. The van der Waals surface area contributed by atoms with Crippen molar-refractivity contribution in [1.29, 1.82) is 0 Å². The van der Waals surface area contributed by atoms with Gasteiger partial charge < -0.3 is 20.0 Å². The molecule has 2 aromatic carbocycles. The first-order valence-electron chi connectivity index (χ1n) is 10.2. The predicted octanol–water partition coefficient (Wildman–Crippen LogP) is 3.21. The molecular weight excluding hydrogens is 364 g/mol. The summed E-state index contributed by atoms with van der Waals surface area (Å²) in [6.07, 6.45) is 1.21. The van der Waals surface area contributed by atoms with E-state index in [9.17, 15) is 9.59 Å². The van der Waals surface area contributed by atoms with E-state index in [-0.39, 0.29) is 11.8 Å². The molecule has 0 bridgehead atoms. The van der Waals surface area contributed by atoms with Crippen LogP contribution in [0.5, 0.6) is 0 Å². The molecule has 1 saturated heterocycles. The minimum Gasteiger partial charge on any atom is -0.369 e. The van der Waals surface area contributed by atoms with Crippen molar-refractivity contribution < 1.29 is 9.59 Å². The molecule has 1 aliphatic rings. The number of hydrogen-bond donors (Lipinski definition) is 1. The van der Waals surface area contributed by atoms with Crippen molar-refractivity contribution in [3.63, 3.8) is 0 Å². The van der Waals surface area contributed by atoms with Gasteiger partial charge in [0.15, 0.2) is 0 Å². The fourth-order valence-corrected chi connectivity index (χ4v) is 3.41. The smallest absolute Gasteiger partial charge is 0.226 e. The Balaban J connectivity index is 1.41. The second-order valence-electron chi connectivity index (χ2n) is 7.53.